The summed E-state index contributed by atoms with van der Waals surface area (Å²) >= 11 is 11.7. The van der Waals surface area contributed by atoms with E-state index in [1.807, 2.05) is 12.1 Å². The lowest BCUT2D eigenvalue weighted by Crippen LogP contribution is -1.95. The van der Waals surface area contributed by atoms with Crippen LogP contribution in [0.1, 0.15) is 5.69 Å². The zero-order valence-corrected chi connectivity index (χ0v) is 9.31. The molecule has 0 bridgehead atoms. The minimum Gasteiger partial charge on any atom is -0.325 e. The molecular weight excluding hydrogens is 233 g/mol. The van der Waals surface area contributed by atoms with Gasteiger partial charge in [0.1, 0.15) is 0 Å². The van der Waals surface area contributed by atoms with E-state index in [1.165, 1.54) is 0 Å². The van der Waals surface area contributed by atoms with Crippen molar-refractivity contribution in [3.05, 3.63) is 40.0 Å². The Balaban J connectivity index is 2.40. The van der Waals surface area contributed by atoms with E-state index >= 15 is 0 Å². The number of hydrogen-bond acceptors (Lipinski definition) is 2. The summed E-state index contributed by atoms with van der Waals surface area (Å²) < 4.78 is 0. The summed E-state index contributed by atoms with van der Waals surface area (Å²) in [5, 5.41) is 8.02. The topological polar surface area (TPSA) is 54.7 Å². The molecule has 0 atom stereocenters. The highest BCUT2D eigenvalue weighted by Gasteiger charge is 2.05. The van der Waals surface area contributed by atoms with E-state index in [0.717, 1.165) is 17.0 Å². The number of aromatic nitrogens is 2. The molecule has 15 heavy (non-hydrogen) atoms. The Bertz CT molecular complexity index is 479. The van der Waals surface area contributed by atoms with Crippen molar-refractivity contribution < 1.29 is 0 Å². The molecule has 5 heteroatoms. The van der Waals surface area contributed by atoms with Gasteiger partial charge in [-0.3, -0.25) is 5.10 Å². The Labute approximate surface area is 97.2 Å². The molecule has 2 aromatic rings. The molecule has 3 nitrogen and oxygen atoms in total. The molecule has 0 saturated heterocycles. The number of H-pyrrole nitrogens is 1. The molecule has 1 aromatic heterocycles. The quantitative estimate of drug-likeness (QED) is 0.850. The first kappa shape index (κ1) is 10.5. The van der Waals surface area contributed by atoms with Crippen molar-refractivity contribution >= 4 is 23.2 Å². The molecule has 0 spiro atoms. The van der Waals surface area contributed by atoms with E-state index in [1.54, 1.807) is 12.1 Å². The number of nitrogens with zero attached hydrogens (tertiary/aromatic N) is 1. The molecule has 0 radical (unpaired) electrons. The average Bonchev–Trinajstić information content (AvgIpc) is 2.70. The van der Waals surface area contributed by atoms with Crippen LogP contribution in [-0.4, -0.2) is 10.2 Å². The Hall–Kier alpha value is -1.03. The lowest BCUT2D eigenvalue weighted by atomic mass is 10.1. The van der Waals surface area contributed by atoms with E-state index in [0.29, 0.717) is 16.6 Å². The monoisotopic (exact) mass is 241 g/mol. The summed E-state index contributed by atoms with van der Waals surface area (Å²) in [6.07, 6.45) is 0. The van der Waals surface area contributed by atoms with Gasteiger partial charge < -0.3 is 5.73 Å². The Morgan fingerprint density at radius 3 is 2.60 bits per heavy atom. The fourth-order valence-electron chi connectivity index (χ4n) is 1.27. The van der Waals surface area contributed by atoms with Crippen LogP contribution < -0.4 is 5.73 Å². The number of hydrogen-bond donors (Lipinski definition) is 2. The predicted molar refractivity (Wildman–Crippen MR) is 61.9 cm³/mol. The maximum Gasteiger partial charge on any atom is 0.0924 e. The Morgan fingerprint density at radius 2 is 2.00 bits per heavy atom. The molecule has 0 fully saturated rings. The second-order valence-corrected chi connectivity index (χ2v) is 3.93. The second kappa shape index (κ2) is 4.23. The molecule has 0 unspecified atom stereocenters. The summed E-state index contributed by atoms with van der Waals surface area (Å²) in [6, 6.07) is 7.28. The van der Waals surface area contributed by atoms with Crippen LogP contribution in [0.4, 0.5) is 0 Å². The predicted octanol–water partition coefficient (Wildman–Crippen LogP) is 2.84. The van der Waals surface area contributed by atoms with Gasteiger partial charge in [0.25, 0.3) is 0 Å². The fourth-order valence-corrected chi connectivity index (χ4v) is 1.57. The van der Waals surface area contributed by atoms with Crippen LogP contribution in [0.25, 0.3) is 11.3 Å². The van der Waals surface area contributed by atoms with Crippen LogP contribution in [0.15, 0.2) is 24.3 Å². The molecule has 0 aliphatic rings. The van der Waals surface area contributed by atoms with Gasteiger partial charge in [0.2, 0.25) is 0 Å². The van der Waals surface area contributed by atoms with Gasteiger partial charge in [-0.2, -0.15) is 5.10 Å². The van der Waals surface area contributed by atoms with Gasteiger partial charge >= 0.3 is 0 Å². The first-order chi connectivity index (χ1) is 7.20. The summed E-state index contributed by atoms with van der Waals surface area (Å²) in [7, 11) is 0. The molecule has 1 aromatic carbocycles. The normalized spacial score (nSPS) is 10.6. The van der Waals surface area contributed by atoms with Crippen LogP contribution in [0.3, 0.4) is 0 Å². The van der Waals surface area contributed by atoms with E-state index in [2.05, 4.69) is 10.2 Å². The van der Waals surface area contributed by atoms with Crippen LogP contribution in [0.2, 0.25) is 10.0 Å². The van der Waals surface area contributed by atoms with Gasteiger partial charge in [-0.05, 0) is 18.2 Å². The number of nitrogens with one attached hydrogen (secondary N) is 1. The van der Waals surface area contributed by atoms with E-state index in [4.69, 9.17) is 28.9 Å². The van der Waals surface area contributed by atoms with Gasteiger partial charge in [0.15, 0.2) is 0 Å². The molecule has 0 aliphatic heterocycles. The lowest BCUT2D eigenvalue weighted by molar-refractivity contribution is 0.948. The summed E-state index contributed by atoms with van der Waals surface area (Å²) in [5.41, 5.74) is 8.09. The van der Waals surface area contributed by atoms with Crippen LogP contribution in [0, 0.1) is 0 Å². The third-order valence-corrected chi connectivity index (χ3v) is 2.81. The molecule has 0 aliphatic carbocycles. The van der Waals surface area contributed by atoms with E-state index < -0.39 is 0 Å². The van der Waals surface area contributed by atoms with Gasteiger partial charge in [-0.1, -0.05) is 29.3 Å². The van der Waals surface area contributed by atoms with Gasteiger partial charge in [-0.25, -0.2) is 0 Å². The number of benzene rings is 1. The fraction of sp³-hybridized carbons (Fsp3) is 0.100. The number of rotatable bonds is 2. The maximum atomic E-state index is 5.91. The molecule has 1 heterocycles. The summed E-state index contributed by atoms with van der Waals surface area (Å²) in [5.74, 6) is 0. The Morgan fingerprint density at radius 1 is 1.20 bits per heavy atom. The number of aromatic amines is 1. The minimum absolute atomic E-state index is 0.439. The maximum absolute atomic E-state index is 5.91. The average molecular weight is 242 g/mol. The van der Waals surface area contributed by atoms with Crippen molar-refractivity contribution in [2.45, 2.75) is 6.54 Å². The van der Waals surface area contributed by atoms with E-state index in [-0.39, 0.29) is 0 Å². The van der Waals surface area contributed by atoms with Crippen molar-refractivity contribution in [1.82, 2.24) is 10.2 Å². The molecule has 0 amide bonds. The van der Waals surface area contributed by atoms with E-state index in [9.17, 15) is 0 Å². The molecule has 78 valence electrons. The second-order valence-electron chi connectivity index (χ2n) is 3.11. The largest absolute Gasteiger partial charge is 0.325 e. The third kappa shape index (κ3) is 2.15. The molecule has 0 saturated carbocycles. The third-order valence-electron chi connectivity index (χ3n) is 2.07. The van der Waals surface area contributed by atoms with Gasteiger partial charge in [0, 0.05) is 17.8 Å². The van der Waals surface area contributed by atoms with Crippen LogP contribution in [-0.2, 0) is 6.54 Å². The summed E-state index contributed by atoms with van der Waals surface area (Å²) in [6.45, 7) is 0.439. The summed E-state index contributed by atoms with van der Waals surface area (Å²) in [4.78, 5) is 0. The van der Waals surface area contributed by atoms with Gasteiger partial charge in [0.05, 0.1) is 15.7 Å². The minimum atomic E-state index is 0.439. The standard InChI is InChI=1S/C10H9Cl2N3/c11-8-2-1-6(3-9(8)12)10-4-7(5-13)14-15-10/h1-4H,5,13H2,(H,14,15). The van der Waals surface area contributed by atoms with Crippen LogP contribution >= 0.6 is 23.2 Å². The Kier molecular flexibility index (Phi) is 2.95. The highest BCUT2D eigenvalue weighted by Crippen LogP contribution is 2.27. The van der Waals surface area contributed by atoms with Crippen LogP contribution in [0.5, 0.6) is 0 Å². The smallest absolute Gasteiger partial charge is 0.0924 e. The van der Waals surface area contributed by atoms with Crippen molar-refractivity contribution in [1.29, 1.82) is 0 Å². The molecular formula is C10H9Cl2N3. The number of nitrogens with two attached hydrogens (primary N) is 1. The van der Waals surface area contributed by atoms with Crippen molar-refractivity contribution in [2.75, 3.05) is 0 Å². The number of halogens is 2. The zero-order valence-electron chi connectivity index (χ0n) is 7.80. The van der Waals surface area contributed by atoms with Crippen molar-refractivity contribution in [3.8, 4) is 11.3 Å². The highest BCUT2D eigenvalue weighted by atomic mass is 35.5. The molecule has 3 N–H and O–H groups in total. The van der Waals surface area contributed by atoms with Crippen molar-refractivity contribution in [2.24, 2.45) is 5.73 Å². The first-order valence-corrected chi connectivity index (χ1v) is 5.16. The lowest BCUT2D eigenvalue weighted by Gasteiger charge is -1.98. The SMILES string of the molecule is NCc1cc(-c2ccc(Cl)c(Cl)c2)n[nH]1. The first-order valence-electron chi connectivity index (χ1n) is 4.40. The van der Waals surface area contributed by atoms with Crippen molar-refractivity contribution in [3.63, 3.8) is 0 Å². The highest BCUT2D eigenvalue weighted by molar-refractivity contribution is 6.42. The van der Waals surface area contributed by atoms with Gasteiger partial charge in [-0.15, -0.1) is 0 Å². The molecule has 2 rings (SSSR count). The zero-order chi connectivity index (χ0) is 10.8.